The van der Waals surface area contributed by atoms with Crippen LogP contribution >= 0.6 is 23.7 Å². The molecule has 2 atom stereocenters. The van der Waals surface area contributed by atoms with Gasteiger partial charge in [-0.2, -0.15) is 0 Å². The van der Waals surface area contributed by atoms with Crippen molar-refractivity contribution in [3.63, 3.8) is 0 Å². The molecule has 2 unspecified atom stereocenters. The molecule has 0 saturated carbocycles. The minimum absolute atomic E-state index is 0. The Morgan fingerprint density at radius 2 is 2.42 bits per heavy atom. The number of amides is 1. The van der Waals surface area contributed by atoms with Crippen molar-refractivity contribution in [2.75, 3.05) is 13.1 Å². The SMILES string of the molecule is Cc1nc(CCNC(=O)C2CC(C)CCN2)cs1.Cl. The van der Waals surface area contributed by atoms with E-state index in [4.69, 9.17) is 0 Å². The zero-order valence-corrected chi connectivity index (χ0v) is 13.1. The predicted octanol–water partition coefficient (Wildman–Crippen LogP) is 1.92. The van der Waals surface area contributed by atoms with Gasteiger partial charge in [0.25, 0.3) is 0 Å². The van der Waals surface area contributed by atoms with E-state index in [0.29, 0.717) is 12.5 Å². The molecular formula is C13H22ClN3OS. The van der Waals surface area contributed by atoms with Crippen LogP contribution in [-0.2, 0) is 11.2 Å². The molecule has 2 N–H and O–H groups in total. The van der Waals surface area contributed by atoms with Gasteiger partial charge < -0.3 is 10.6 Å². The monoisotopic (exact) mass is 303 g/mol. The van der Waals surface area contributed by atoms with Gasteiger partial charge >= 0.3 is 0 Å². The Morgan fingerprint density at radius 1 is 1.63 bits per heavy atom. The number of rotatable bonds is 4. The van der Waals surface area contributed by atoms with E-state index in [-0.39, 0.29) is 24.4 Å². The standard InChI is InChI=1S/C13H21N3OS.ClH/c1-9-3-5-14-12(7-9)13(17)15-6-4-11-8-18-10(2)16-11;/h8-9,12,14H,3-7H2,1-2H3,(H,15,17);1H. The molecule has 1 aliphatic heterocycles. The lowest BCUT2D eigenvalue weighted by atomic mass is 9.94. The van der Waals surface area contributed by atoms with Crippen LogP contribution < -0.4 is 10.6 Å². The van der Waals surface area contributed by atoms with Gasteiger partial charge in [-0.15, -0.1) is 23.7 Å². The van der Waals surface area contributed by atoms with Gasteiger partial charge in [-0.25, -0.2) is 4.98 Å². The van der Waals surface area contributed by atoms with Gasteiger partial charge in [0.2, 0.25) is 5.91 Å². The third kappa shape index (κ3) is 5.09. The largest absolute Gasteiger partial charge is 0.354 e. The summed E-state index contributed by atoms with van der Waals surface area (Å²) in [7, 11) is 0. The first kappa shape index (κ1) is 16.4. The number of carbonyl (C=O) groups excluding carboxylic acids is 1. The number of aromatic nitrogens is 1. The van der Waals surface area contributed by atoms with Crippen LogP contribution in [0.4, 0.5) is 0 Å². The summed E-state index contributed by atoms with van der Waals surface area (Å²) in [4.78, 5) is 16.3. The molecule has 1 saturated heterocycles. The minimum atomic E-state index is -0.00841. The molecule has 19 heavy (non-hydrogen) atoms. The molecule has 1 amide bonds. The molecule has 0 spiro atoms. The summed E-state index contributed by atoms with van der Waals surface area (Å²) in [5, 5.41) is 9.41. The van der Waals surface area contributed by atoms with Gasteiger partial charge in [0.15, 0.2) is 0 Å². The minimum Gasteiger partial charge on any atom is -0.354 e. The topological polar surface area (TPSA) is 54.0 Å². The van der Waals surface area contributed by atoms with Crippen LogP contribution in [0.25, 0.3) is 0 Å². The van der Waals surface area contributed by atoms with E-state index in [1.807, 2.05) is 6.92 Å². The summed E-state index contributed by atoms with van der Waals surface area (Å²) < 4.78 is 0. The Morgan fingerprint density at radius 3 is 3.05 bits per heavy atom. The average molecular weight is 304 g/mol. The molecule has 1 aromatic heterocycles. The highest BCUT2D eigenvalue weighted by molar-refractivity contribution is 7.09. The van der Waals surface area contributed by atoms with Crippen LogP contribution in [0.2, 0.25) is 0 Å². The van der Waals surface area contributed by atoms with E-state index in [9.17, 15) is 4.79 Å². The second kappa shape index (κ2) is 7.82. The van der Waals surface area contributed by atoms with Gasteiger partial charge in [-0.1, -0.05) is 6.92 Å². The fourth-order valence-corrected chi connectivity index (χ4v) is 2.91. The molecule has 0 aromatic carbocycles. The number of thiazole rings is 1. The molecule has 1 aromatic rings. The number of aryl methyl sites for hydroxylation is 1. The number of piperidine rings is 1. The summed E-state index contributed by atoms with van der Waals surface area (Å²) in [6.45, 7) is 5.83. The van der Waals surface area contributed by atoms with Gasteiger partial charge in [-0.05, 0) is 32.2 Å². The predicted molar refractivity (Wildman–Crippen MR) is 81.0 cm³/mol. The maximum absolute atomic E-state index is 11.9. The smallest absolute Gasteiger partial charge is 0.237 e. The molecule has 0 bridgehead atoms. The number of nitrogens with zero attached hydrogens (tertiary/aromatic N) is 1. The lowest BCUT2D eigenvalue weighted by Crippen LogP contribution is -2.48. The van der Waals surface area contributed by atoms with Crippen LogP contribution in [-0.4, -0.2) is 30.0 Å². The summed E-state index contributed by atoms with van der Waals surface area (Å²) in [6.07, 6.45) is 2.93. The number of hydrogen-bond acceptors (Lipinski definition) is 4. The molecule has 1 aliphatic rings. The van der Waals surface area contributed by atoms with Gasteiger partial charge in [0.05, 0.1) is 16.7 Å². The van der Waals surface area contributed by atoms with Crippen LogP contribution in [0.3, 0.4) is 0 Å². The second-order valence-corrected chi connectivity index (χ2v) is 6.10. The molecule has 1 fully saturated rings. The van der Waals surface area contributed by atoms with E-state index in [0.717, 1.165) is 30.1 Å². The number of carbonyl (C=O) groups is 1. The van der Waals surface area contributed by atoms with Crippen molar-refractivity contribution < 1.29 is 4.79 Å². The van der Waals surface area contributed by atoms with E-state index in [2.05, 4.69) is 27.9 Å². The average Bonchev–Trinajstić information content (AvgIpc) is 2.75. The zero-order chi connectivity index (χ0) is 13.0. The van der Waals surface area contributed by atoms with Gasteiger partial charge in [-0.3, -0.25) is 4.79 Å². The quantitative estimate of drug-likeness (QED) is 0.893. The van der Waals surface area contributed by atoms with Crippen LogP contribution in [0.5, 0.6) is 0 Å². The number of hydrogen-bond donors (Lipinski definition) is 2. The Bertz CT molecular complexity index is 410. The van der Waals surface area contributed by atoms with E-state index < -0.39 is 0 Å². The molecular weight excluding hydrogens is 282 g/mol. The van der Waals surface area contributed by atoms with Crippen molar-refractivity contribution in [3.05, 3.63) is 16.1 Å². The van der Waals surface area contributed by atoms with Crippen molar-refractivity contribution in [1.82, 2.24) is 15.6 Å². The lowest BCUT2D eigenvalue weighted by Gasteiger charge is -2.27. The third-order valence-corrected chi connectivity index (χ3v) is 4.15. The molecule has 2 rings (SSSR count). The van der Waals surface area contributed by atoms with Crippen molar-refractivity contribution in [1.29, 1.82) is 0 Å². The van der Waals surface area contributed by atoms with E-state index in [1.165, 1.54) is 6.42 Å². The maximum atomic E-state index is 11.9. The Balaban J connectivity index is 0.00000180. The normalized spacial score (nSPS) is 22.6. The summed E-state index contributed by atoms with van der Waals surface area (Å²) in [6, 6.07) is -0.00841. The maximum Gasteiger partial charge on any atom is 0.237 e. The number of halogens is 1. The van der Waals surface area contributed by atoms with E-state index >= 15 is 0 Å². The first-order chi connectivity index (χ1) is 8.65. The summed E-state index contributed by atoms with van der Waals surface area (Å²) in [5.41, 5.74) is 1.07. The fraction of sp³-hybridized carbons (Fsp3) is 0.692. The highest BCUT2D eigenvalue weighted by atomic mass is 35.5. The highest BCUT2D eigenvalue weighted by Crippen LogP contribution is 2.15. The van der Waals surface area contributed by atoms with Crippen molar-refractivity contribution in [2.45, 2.75) is 39.2 Å². The summed E-state index contributed by atoms with van der Waals surface area (Å²) >= 11 is 1.66. The number of nitrogens with one attached hydrogen (secondary N) is 2. The van der Waals surface area contributed by atoms with Crippen LogP contribution in [0.1, 0.15) is 30.5 Å². The summed E-state index contributed by atoms with van der Waals surface area (Å²) in [5.74, 6) is 0.775. The molecule has 0 radical (unpaired) electrons. The molecule has 108 valence electrons. The first-order valence-electron chi connectivity index (χ1n) is 6.57. The zero-order valence-electron chi connectivity index (χ0n) is 11.4. The highest BCUT2D eigenvalue weighted by Gasteiger charge is 2.23. The molecule has 4 nitrogen and oxygen atoms in total. The fourth-order valence-electron chi connectivity index (χ4n) is 2.27. The molecule has 2 heterocycles. The van der Waals surface area contributed by atoms with Crippen molar-refractivity contribution >= 4 is 29.7 Å². The Labute approximate surface area is 124 Å². The molecule has 6 heteroatoms. The van der Waals surface area contributed by atoms with Crippen LogP contribution in [0, 0.1) is 12.8 Å². The van der Waals surface area contributed by atoms with Crippen molar-refractivity contribution in [2.24, 2.45) is 5.92 Å². The lowest BCUT2D eigenvalue weighted by molar-refractivity contribution is -0.124. The molecule has 0 aliphatic carbocycles. The van der Waals surface area contributed by atoms with Crippen molar-refractivity contribution in [3.8, 4) is 0 Å². The third-order valence-electron chi connectivity index (χ3n) is 3.33. The van der Waals surface area contributed by atoms with Crippen LogP contribution in [0.15, 0.2) is 5.38 Å². The second-order valence-electron chi connectivity index (χ2n) is 5.04. The van der Waals surface area contributed by atoms with Gasteiger partial charge in [0, 0.05) is 18.3 Å². The Hall–Kier alpha value is -0.650. The van der Waals surface area contributed by atoms with E-state index in [1.54, 1.807) is 11.3 Å². The van der Waals surface area contributed by atoms with Gasteiger partial charge in [0.1, 0.15) is 0 Å². The Kier molecular flexibility index (Phi) is 6.75. The first-order valence-corrected chi connectivity index (χ1v) is 7.45.